The number of carbonyl (C=O) groups is 2. The minimum atomic E-state index is -0.548. The van der Waals surface area contributed by atoms with Crippen LogP contribution in [0.15, 0.2) is 42.5 Å². The minimum Gasteiger partial charge on any atom is -0.484 e. The Kier molecular flexibility index (Phi) is 6.40. The van der Waals surface area contributed by atoms with E-state index in [1.165, 1.54) is 30.3 Å². The molecule has 0 saturated carbocycles. The Morgan fingerprint density at radius 2 is 1.62 bits per heavy atom. The van der Waals surface area contributed by atoms with Crippen LogP contribution in [0.3, 0.4) is 0 Å². The largest absolute Gasteiger partial charge is 0.484 e. The van der Waals surface area contributed by atoms with Crippen molar-refractivity contribution in [2.75, 3.05) is 6.61 Å². The number of hydrazine groups is 1. The quantitative estimate of drug-likeness (QED) is 0.795. The van der Waals surface area contributed by atoms with Crippen molar-refractivity contribution in [2.24, 2.45) is 0 Å². The van der Waals surface area contributed by atoms with Crippen molar-refractivity contribution in [1.82, 2.24) is 10.9 Å². The summed E-state index contributed by atoms with van der Waals surface area (Å²) in [5.74, 6) is -0.998. The molecular formula is C16H13Cl2FN2O3. The minimum absolute atomic E-state index is 0.00814. The third kappa shape index (κ3) is 5.72. The van der Waals surface area contributed by atoms with Gasteiger partial charge in [0.25, 0.3) is 5.91 Å². The number of amides is 2. The van der Waals surface area contributed by atoms with Gasteiger partial charge in [-0.1, -0.05) is 35.3 Å². The summed E-state index contributed by atoms with van der Waals surface area (Å²) < 4.78 is 18.0. The summed E-state index contributed by atoms with van der Waals surface area (Å²) in [6.07, 6.45) is 0.00814. The fourth-order valence-corrected chi connectivity index (χ4v) is 2.01. The lowest BCUT2D eigenvalue weighted by Crippen LogP contribution is -2.44. The number of halogens is 3. The van der Waals surface area contributed by atoms with Crippen molar-refractivity contribution >= 4 is 35.0 Å². The monoisotopic (exact) mass is 370 g/mol. The first kappa shape index (κ1) is 18.0. The molecule has 0 fully saturated rings. The zero-order valence-corrected chi connectivity index (χ0v) is 13.8. The highest BCUT2D eigenvalue weighted by molar-refractivity contribution is 6.42. The average Bonchev–Trinajstić information content (AvgIpc) is 2.56. The van der Waals surface area contributed by atoms with Crippen LogP contribution in [0.1, 0.15) is 5.56 Å². The SMILES string of the molecule is O=C(COc1ccc(Cl)c(Cl)c1)NNC(=O)Cc1ccc(F)cc1. The van der Waals surface area contributed by atoms with Crippen LogP contribution in [-0.2, 0) is 16.0 Å². The summed E-state index contributed by atoms with van der Waals surface area (Å²) in [6.45, 7) is -0.311. The molecular weight excluding hydrogens is 358 g/mol. The molecule has 5 nitrogen and oxygen atoms in total. The molecule has 2 aromatic rings. The Labute approximate surface area is 147 Å². The highest BCUT2D eigenvalue weighted by Gasteiger charge is 2.07. The number of benzene rings is 2. The van der Waals surface area contributed by atoms with Gasteiger partial charge in [-0.2, -0.15) is 0 Å². The first-order chi connectivity index (χ1) is 11.4. The van der Waals surface area contributed by atoms with Gasteiger partial charge < -0.3 is 4.74 Å². The molecule has 8 heteroatoms. The molecule has 0 spiro atoms. The van der Waals surface area contributed by atoms with Crippen LogP contribution in [0, 0.1) is 5.82 Å². The molecule has 2 amide bonds. The van der Waals surface area contributed by atoms with Gasteiger partial charge in [-0.05, 0) is 29.8 Å². The summed E-state index contributed by atoms with van der Waals surface area (Å²) >= 11 is 11.6. The summed E-state index contributed by atoms with van der Waals surface area (Å²) in [4.78, 5) is 23.3. The second kappa shape index (κ2) is 8.52. The molecule has 2 N–H and O–H groups in total. The number of hydrogen-bond donors (Lipinski definition) is 2. The second-order valence-corrected chi connectivity index (χ2v) is 5.58. The van der Waals surface area contributed by atoms with Crippen molar-refractivity contribution in [2.45, 2.75) is 6.42 Å². The molecule has 24 heavy (non-hydrogen) atoms. The topological polar surface area (TPSA) is 67.4 Å². The molecule has 0 radical (unpaired) electrons. The van der Waals surface area contributed by atoms with Crippen LogP contribution in [0.5, 0.6) is 5.75 Å². The predicted molar refractivity (Wildman–Crippen MR) is 88.3 cm³/mol. The van der Waals surface area contributed by atoms with E-state index < -0.39 is 11.8 Å². The van der Waals surface area contributed by atoms with Crippen molar-refractivity contribution in [3.05, 3.63) is 63.9 Å². The van der Waals surface area contributed by atoms with Gasteiger partial charge in [0.2, 0.25) is 5.91 Å². The Morgan fingerprint density at radius 3 is 2.29 bits per heavy atom. The first-order valence-electron chi connectivity index (χ1n) is 6.84. The number of hydrogen-bond acceptors (Lipinski definition) is 3. The Balaban J connectivity index is 1.73. The molecule has 0 atom stereocenters. The Morgan fingerprint density at radius 1 is 0.958 bits per heavy atom. The molecule has 2 aromatic carbocycles. The first-order valence-corrected chi connectivity index (χ1v) is 7.59. The van der Waals surface area contributed by atoms with E-state index in [1.807, 2.05) is 0 Å². The maximum Gasteiger partial charge on any atom is 0.276 e. The standard InChI is InChI=1S/C16H13Cl2FN2O3/c17-13-6-5-12(8-14(13)18)24-9-16(23)21-20-15(22)7-10-1-3-11(19)4-2-10/h1-6,8H,7,9H2,(H,20,22)(H,21,23). The molecule has 0 aromatic heterocycles. The Bertz CT molecular complexity index is 739. The number of nitrogens with one attached hydrogen (secondary N) is 2. The lowest BCUT2D eigenvalue weighted by atomic mass is 10.1. The van der Waals surface area contributed by atoms with Crippen LogP contribution >= 0.6 is 23.2 Å². The average molecular weight is 371 g/mol. The number of carbonyl (C=O) groups excluding carboxylic acids is 2. The summed E-state index contributed by atoms with van der Waals surface area (Å²) in [5, 5.41) is 0.684. The summed E-state index contributed by atoms with van der Waals surface area (Å²) in [5.41, 5.74) is 5.08. The zero-order chi connectivity index (χ0) is 17.5. The molecule has 0 bridgehead atoms. The maximum absolute atomic E-state index is 12.8. The van der Waals surface area contributed by atoms with E-state index in [-0.39, 0.29) is 18.8 Å². The van der Waals surface area contributed by atoms with Gasteiger partial charge in [-0.3, -0.25) is 20.4 Å². The van der Waals surface area contributed by atoms with E-state index in [4.69, 9.17) is 27.9 Å². The Hall–Kier alpha value is -2.31. The van der Waals surface area contributed by atoms with Crippen molar-refractivity contribution in [1.29, 1.82) is 0 Å². The van der Waals surface area contributed by atoms with Crippen LogP contribution < -0.4 is 15.6 Å². The molecule has 0 saturated heterocycles. The van der Waals surface area contributed by atoms with Crippen molar-refractivity contribution in [3.8, 4) is 5.75 Å². The normalized spacial score (nSPS) is 10.1. The fourth-order valence-electron chi connectivity index (χ4n) is 1.72. The van der Waals surface area contributed by atoms with E-state index in [9.17, 15) is 14.0 Å². The van der Waals surface area contributed by atoms with Gasteiger partial charge in [-0.15, -0.1) is 0 Å². The van der Waals surface area contributed by atoms with E-state index in [1.54, 1.807) is 12.1 Å². The van der Waals surface area contributed by atoms with Gasteiger partial charge >= 0.3 is 0 Å². The molecule has 0 unspecified atom stereocenters. The third-order valence-electron chi connectivity index (χ3n) is 2.88. The van der Waals surface area contributed by atoms with Gasteiger partial charge in [-0.25, -0.2) is 4.39 Å². The van der Waals surface area contributed by atoms with Crippen molar-refractivity contribution in [3.63, 3.8) is 0 Å². The zero-order valence-electron chi connectivity index (χ0n) is 12.3. The highest BCUT2D eigenvalue weighted by atomic mass is 35.5. The molecule has 0 aliphatic rings. The maximum atomic E-state index is 12.8. The van der Waals surface area contributed by atoms with Crippen LogP contribution in [0.25, 0.3) is 0 Å². The lowest BCUT2D eigenvalue weighted by Gasteiger charge is -2.09. The predicted octanol–water partition coefficient (Wildman–Crippen LogP) is 2.90. The van der Waals surface area contributed by atoms with Crippen LogP contribution in [-0.4, -0.2) is 18.4 Å². The highest BCUT2D eigenvalue weighted by Crippen LogP contribution is 2.26. The summed E-state index contributed by atoms with van der Waals surface area (Å²) in [7, 11) is 0. The van der Waals surface area contributed by atoms with Gasteiger partial charge in [0.05, 0.1) is 16.5 Å². The smallest absolute Gasteiger partial charge is 0.276 e. The molecule has 126 valence electrons. The van der Waals surface area contributed by atoms with E-state index in [0.717, 1.165) is 0 Å². The molecule has 2 rings (SSSR count). The third-order valence-corrected chi connectivity index (χ3v) is 3.62. The molecule has 0 aliphatic carbocycles. The van der Waals surface area contributed by atoms with Crippen molar-refractivity contribution < 1.29 is 18.7 Å². The summed E-state index contributed by atoms with van der Waals surface area (Å²) in [6, 6.07) is 10.1. The number of rotatable bonds is 5. The van der Waals surface area contributed by atoms with Crippen LogP contribution in [0.4, 0.5) is 4.39 Å². The fraction of sp³-hybridized carbons (Fsp3) is 0.125. The number of ether oxygens (including phenoxy) is 1. The van der Waals surface area contributed by atoms with Gasteiger partial charge in [0.15, 0.2) is 6.61 Å². The van der Waals surface area contributed by atoms with Gasteiger partial charge in [0, 0.05) is 6.07 Å². The van der Waals surface area contributed by atoms with Gasteiger partial charge in [0.1, 0.15) is 11.6 Å². The second-order valence-electron chi connectivity index (χ2n) is 4.76. The van der Waals surface area contributed by atoms with Crippen LogP contribution in [0.2, 0.25) is 10.0 Å². The molecule has 0 aliphatic heterocycles. The van der Waals surface area contributed by atoms with E-state index in [0.29, 0.717) is 21.4 Å². The van der Waals surface area contributed by atoms with E-state index >= 15 is 0 Å². The lowest BCUT2D eigenvalue weighted by molar-refractivity contribution is -0.129. The molecule has 0 heterocycles. The van der Waals surface area contributed by atoms with E-state index in [2.05, 4.69) is 10.9 Å².